The highest BCUT2D eigenvalue weighted by molar-refractivity contribution is 5.95. The van der Waals surface area contributed by atoms with Crippen molar-refractivity contribution in [3.63, 3.8) is 0 Å². The zero-order valence-corrected chi connectivity index (χ0v) is 13.8. The van der Waals surface area contributed by atoms with Gasteiger partial charge in [-0.05, 0) is 30.2 Å². The van der Waals surface area contributed by atoms with E-state index in [9.17, 15) is 9.70 Å². The third-order valence-corrected chi connectivity index (χ3v) is 4.63. The molecule has 2 unspecified atom stereocenters. The average Bonchev–Trinajstić information content (AvgIpc) is 3.08. The van der Waals surface area contributed by atoms with Gasteiger partial charge in [0, 0.05) is 27.7 Å². The minimum absolute atomic E-state index is 0.465. The molecule has 126 valence electrons. The van der Waals surface area contributed by atoms with Gasteiger partial charge in [-0.25, -0.2) is 4.79 Å². The Labute approximate surface area is 144 Å². The lowest BCUT2D eigenvalue weighted by Crippen LogP contribution is -2.65. The van der Waals surface area contributed by atoms with E-state index in [-0.39, 0.29) is 0 Å². The van der Waals surface area contributed by atoms with Crippen LogP contribution in [0.4, 0.5) is 11.4 Å². The molecule has 0 aliphatic carbocycles. The summed E-state index contributed by atoms with van der Waals surface area (Å²) >= 11 is 0. The van der Waals surface area contributed by atoms with Gasteiger partial charge in [-0.2, -0.15) is 0 Å². The van der Waals surface area contributed by atoms with Crippen LogP contribution in [-0.2, 0) is 11.2 Å². The molecule has 2 aromatic carbocycles. The summed E-state index contributed by atoms with van der Waals surface area (Å²) in [5.41, 5.74) is 3.84. The van der Waals surface area contributed by atoms with Crippen molar-refractivity contribution in [2.75, 3.05) is 10.6 Å². The van der Waals surface area contributed by atoms with Gasteiger partial charge < -0.3 is 15.6 Å². The smallest absolute Gasteiger partial charge is 0.361 e. The van der Waals surface area contributed by atoms with Crippen LogP contribution >= 0.6 is 0 Å². The Hall–Kier alpha value is -3.15. The molecular weight excluding hydrogens is 316 g/mol. The molecular formula is C19H19N4O2+. The van der Waals surface area contributed by atoms with Gasteiger partial charge in [0.2, 0.25) is 6.04 Å². The third-order valence-electron chi connectivity index (χ3n) is 4.63. The molecule has 2 heterocycles. The molecule has 1 aliphatic rings. The van der Waals surface area contributed by atoms with Gasteiger partial charge in [0.25, 0.3) is 0 Å². The number of hydrogen-bond acceptors (Lipinski definition) is 4. The van der Waals surface area contributed by atoms with Gasteiger partial charge in [0.1, 0.15) is 4.76 Å². The van der Waals surface area contributed by atoms with Crippen LogP contribution in [0.1, 0.15) is 12.5 Å². The predicted molar refractivity (Wildman–Crippen MR) is 97.6 cm³/mol. The fraction of sp³-hybridized carbons (Fsp3) is 0.211. The fourth-order valence-electron chi connectivity index (χ4n) is 3.11. The van der Waals surface area contributed by atoms with Crippen LogP contribution in [-0.4, -0.2) is 27.9 Å². The number of benzene rings is 2. The van der Waals surface area contributed by atoms with Crippen molar-refractivity contribution in [1.82, 2.24) is 4.98 Å². The third kappa shape index (κ3) is 2.65. The van der Waals surface area contributed by atoms with Gasteiger partial charge in [0.05, 0.1) is 5.69 Å². The van der Waals surface area contributed by atoms with E-state index in [1.807, 2.05) is 54.7 Å². The maximum atomic E-state index is 12.0. The van der Waals surface area contributed by atoms with Crippen molar-refractivity contribution in [3.05, 3.63) is 65.2 Å². The predicted octanol–water partition coefficient (Wildman–Crippen LogP) is 3.27. The number of amides is 1. The first-order valence-electron chi connectivity index (χ1n) is 8.35. The summed E-state index contributed by atoms with van der Waals surface area (Å²) in [5.74, 6) is -0.465. The number of carbonyl (C=O) groups is 1. The molecule has 1 fully saturated rings. The normalized spacial score (nSPS) is 19.7. The van der Waals surface area contributed by atoms with Crippen molar-refractivity contribution < 1.29 is 9.55 Å². The highest BCUT2D eigenvalue weighted by Gasteiger charge is 2.60. The Bertz CT molecular complexity index is 945. The van der Waals surface area contributed by atoms with Crippen LogP contribution in [0.5, 0.6) is 0 Å². The molecule has 2 atom stereocenters. The van der Waals surface area contributed by atoms with Gasteiger partial charge in [-0.1, -0.05) is 37.3 Å². The zero-order chi connectivity index (χ0) is 17.4. The summed E-state index contributed by atoms with van der Waals surface area (Å²) in [4.78, 5) is 27.1. The first-order valence-corrected chi connectivity index (χ1v) is 8.35. The summed E-state index contributed by atoms with van der Waals surface area (Å²) in [6.07, 6.45) is 2.15. The number of H-pyrrole nitrogens is 1. The first-order chi connectivity index (χ1) is 12.2. The molecule has 3 aromatic rings. The maximum absolute atomic E-state index is 12.0. The number of β-lactam (4-membered cyclic amide) rings is 1. The Balaban J connectivity index is 1.53. The second-order valence-electron chi connectivity index (χ2n) is 6.17. The van der Waals surface area contributed by atoms with Gasteiger partial charge in [-0.3, -0.25) is 0 Å². The van der Waals surface area contributed by atoms with Crippen LogP contribution in [0.2, 0.25) is 0 Å². The molecule has 6 nitrogen and oxygen atoms in total. The van der Waals surface area contributed by atoms with Crippen LogP contribution in [0.25, 0.3) is 10.9 Å². The van der Waals surface area contributed by atoms with Crippen molar-refractivity contribution >= 4 is 28.2 Å². The second-order valence-corrected chi connectivity index (χ2v) is 6.17. The quantitative estimate of drug-likeness (QED) is 0.494. The molecule has 3 N–H and O–H groups in total. The number of para-hydroxylation sites is 1. The van der Waals surface area contributed by atoms with E-state index in [1.165, 1.54) is 5.56 Å². The lowest BCUT2D eigenvalue weighted by atomic mass is 10.0. The van der Waals surface area contributed by atoms with E-state index in [4.69, 9.17) is 0 Å². The molecule has 0 radical (unpaired) electrons. The van der Waals surface area contributed by atoms with E-state index in [2.05, 4.69) is 22.5 Å². The molecule has 4 rings (SSSR count). The van der Waals surface area contributed by atoms with Crippen LogP contribution in [0.3, 0.4) is 0 Å². The number of aryl methyl sites for hydroxylation is 1. The van der Waals surface area contributed by atoms with E-state index < -0.39 is 18.1 Å². The van der Waals surface area contributed by atoms with E-state index in [0.717, 1.165) is 28.7 Å². The summed E-state index contributed by atoms with van der Waals surface area (Å²) in [6.45, 7) is 2.09. The van der Waals surface area contributed by atoms with E-state index in [1.54, 1.807) is 0 Å². The van der Waals surface area contributed by atoms with E-state index in [0.29, 0.717) is 4.76 Å². The Morgan fingerprint density at radius 2 is 1.84 bits per heavy atom. The number of anilines is 2. The summed E-state index contributed by atoms with van der Waals surface area (Å²) in [7, 11) is 0. The molecule has 0 spiro atoms. The largest absolute Gasteiger partial charge is 0.467 e. The zero-order valence-electron chi connectivity index (χ0n) is 13.8. The second kappa shape index (κ2) is 6.05. The SMILES string of the molecule is CCc1ccc(NC2C(Nc3c[nH]c4ccccc34)C(=O)[N+]2=O)cc1. The number of nitrogens with zero attached hydrogens (tertiary/aromatic N) is 1. The molecule has 0 bridgehead atoms. The Morgan fingerprint density at radius 1 is 1.08 bits per heavy atom. The number of carbonyl (C=O) groups excluding carboxylic acids is 1. The number of aromatic nitrogens is 1. The standard InChI is InChI=1S/C19H19N4O2/c1-2-12-7-9-13(10-8-12)21-18-17(19(24)23(18)25)22-16-11-20-15-6-4-3-5-14(15)16/h3-11,17-18,20-22H,2H2,1H3/q+1. The molecule has 0 saturated carbocycles. The number of fused-ring (bicyclic) bond motifs is 1. The van der Waals surface area contributed by atoms with Gasteiger partial charge >= 0.3 is 12.1 Å². The Morgan fingerprint density at radius 3 is 2.60 bits per heavy atom. The molecule has 1 saturated heterocycles. The highest BCUT2D eigenvalue weighted by Crippen LogP contribution is 2.27. The topological polar surface area (TPSA) is 77.0 Å². The number of nitrogens with one attached hydrogen (secondary N) is 3. The molecule has 25 heavy (non-hydrogen) atoms. The van der Waals surface area contributed by atoms with Crippen LogP contribution < -0.4 is 10.6 Å². The average molecular weight is 335 g/mol. The molecule has 1 amide bonds. The lowest BCUT2D eigenvalue weighted by molar-refractivity contribution is -0.544. The van der Waals surface area contributed by atoms with Gasteiger partial charge in [-0.15, -0.1) is 0 Å². The number of rotatable bonds is 5. The van der Waals surface area contributed by atoms with Crippen molar-refractivity contribution in [3.8, 4) is 0 Å². The summed E-state index contributed by atoms with van der Waals surface area (Å²) < 4.78 is 0.486. The Kier molecular flexibility index (Phi) is 3.72. The highest BCUT2D eigenvalue weighted by atomic mass is 16.3. The first kappa shape index (κ1) is 15.4. The molecule has 1 aromatic heterocycles. The minimum Gasteiger partial charge on any atom is -0.361 e. The number of hydrogen-bond donors (Lipinski definition) is 3. The lowest BCUT2D eigenvalue weighted by Gasteiger charge is -2.26. The van der Waals surface area contributed by atoms with Crippen LogP contribution in [0, 0.1) is 4.91 Å². The van der Waals surface area contributed by atoms with E-state index >= 15 is 0 Å². The van der Waals surface area contributed by atoms with Crippen molar-refractivity contribution in [2.24, 2.45) is 0 Å². The van der Waals surface area contributed by atoms with Crippen molar-refractivity contribution in [1.29, 1.82) is 0 Å². The summed E-state index contributed by atoms with van der Waals surface area (Å²) in [5, 5.41) is 7.32. The maximum Gasteiger partial charge on any atom is 0.467 e. The number of aromatic amines is 1. The summed E-state index contributed by atoms with van der Waals surface area (Å²) in [6, 6.07) is 15.1. The van der Waals surface area contributed by atoms with Crippen molar-refractivity contribution in [2.45, 2.75) is 25.6 Å². The fourth-order valence-corrected chi connectivity index (χ4v) is 3.11. The monoisotopic (exact) mass is 335 g/mol. The minimum atomic E-state index is -0.631. The molecule has 6 heteroatoms. The van der Waals surface area contributed by atoms with Gasteiger partial charge in [0.15, 0.2) is 0 Å². The molecule has 1 aliphatic heterocycles. The van der Waals surface area contributed by atoms with Crippen LogP contribution in [0.15, 0.2) is 54.7 Å². The number of nitroso groups, excluding NO2 is 1.